The lowest BCUT2D eigenvalue weighted by Gasteiger charge is -2.11. The van der Waals surface area contributed by atoms with E-state index in [2.05, 4.69) is 10.5 Å². The molecule has 176 valence electrons. The van der Waals surface area contributed by atoms with Gasteiger partial charge < -0.3 is 18.9 Å². The van der Waals surface area contributed by atoms with Gasteiger partial charge in [-0.1, -0.05) is 11.6 Å². The summed E-state index contributed by atoms with van der Waals surface area (Å²) in [5, 5.41) is 4.51. The van der Waals surface area contributed by atoms with Gasteiger partial charge in [-0.3, -0.25) is 4.79 Å². The highest BCUT2D eigenvalue weighted by molar-refractivity contribution is 6.30. The molecule has 34 heavy (non-hydrogen) atoms. The molecule has 9 heteroatoms. The summed E-state index contributed by atoms with van der Waals surface area (Å²) in [5.41, 5.74) is 3.80. The number of hydrogen-bond acceptors (Lipinski definition) is 7. The van der Waals surface area contributed by atoms with Crippen LogP contribution in [0, 0.1) is 0 Å². The van der Waals surface area contributed by atoms with Gasteiger partial charge in [-0.05, 0) is 73.2 Å². The predicted molar refractivity (Wildman–Crippen MR) is 129 cm³/mol. The van der Waals surface area contributed by atoms with Gasteiger partial charge in [0.05, 0.1) is 32.6 Å². The fraction of sp³-hybridized carbons (Fsp3) is 0.160. The molecule has 3 aromatic rings. The molecule has 0 unspecified atom stereocenters. The molecule has 1 N–H and O–H groups in total. The Bertz CT molecular complexity index is 1190. The van der Waals surface area contributed by atoms with Crippen molar-refractivity contribution in [2.45, 2.75) is 6.92 Å². The summed E-state index contributed by atoms with van der Waals surface area (Å²) in [6.07, 6.45) is 1.45. The average Bonchev–Trinajstić information content (AvgIpc) is 2.85. The second-order valence-electron chi connectivity index (χ2n) is 6.80. The quantitative estimate of drug-likeness (QED) is 0.205. The number of rotatable bonds is 9. The Morgan fingerprint density at radius 3 is 2.24 bits per heavy atom. The molecule has 0 radical (unpaired) electrons. The maximum atomic E-state index is 12.4. The van der Waals surface area contributed by atoms with E-state index in [9.17, 15) is 9.59 Å². The third-order valence-electron chi connectivity index (χ3n) is 4.58. The number of ether oxygens (including phenoxy) is 4. The van der Waals surface area contributed by atoms with Gasteiger partial charge >= 0.3 is 5.97 Å². The number of carbonyl (C=O) groups excluding carboxylic acids is 2. The highest BCUT2D eigenvalue weighted by Gasteiger charge is 2.14. The second kappa shape index (κ2) is 11.7. The molecule has 3 aromatic carbocycles. The van der Waals surface area contributed by atoms with Gasteiger partial charge in [0.1, 0.15) is 0 Å². The maximum Gasteiger partial charge on any atom is 0.343 e. The largest absolute Gasteiger partial charge is 0.493 e. The molecule has 0 bridgehead atoms. The van der Waals surface area contributed by atoms with Crippen LogP contribution in [0.15, 0.2) is 65.8 Å². The van der Waals surface area contributed by atoms with Gasteiger partial charge in [-0.25, -0.2) is 10.2 Å². The van der Waals surface area contributed by atoms with Gasteiger partial charge in [0.2, 0.25) is 0 Å². The van der Waals surface area contributed by atoms with Crippen LogP contribution in [-0.2, 0) is 0 Å². The molecule has 3 rings (SSSR count). The minimum absolute atomic E-state index is 0.258. The molecule has 0 saturated heterocycles. The zero-order valence-corrected chi connectivity index (χ0v) is 19.6. The zero-order valence-electron chi connectivity index (χ0n) is 18.8. The number of halogens is 1. The van der Waals surface area contributed by atoms with Crippen LogP contribution in [0.3, 0.4) is 0 Å². The first-order valence-corrected chi connectivity index (χ1v) is 10.6. The molecular weight excluding hydrogens is 460 g/mol. The molecule has 0 fully saturated rings. The molecule has 0 heterocycles. The van der Waals surface area contributed by atoms with Gasteiger partial charge in [-0.15, -0.1) is 0 Å². The smallest absolute Gasteiger partial charge is 0.343 e. The molecule has 8 nitrogen and oxygen atoms in total. The zero-order chi connectivity index (χ0) is 24.5. The Balaban J connectivity index is 1.70. The summed E-state index contributed by atoms with van der Waals surface area (Å²) in [6.45, 7) is 2.18. The second-order valence-corrected chi connectivity index (χ2v) is 7.24. The topological polar surface area (TPSA) is 95.5 Å². The van der Waals surface area contributed by atoms with Crippen molar-refractivity contribution >= 4 is 29.7 Å². The van der Waals surface area contributed by atoms with Crippen LogP contribution in [0.2, 0.25) is 5.02 Å². The summed E-state index contributed by atoms with van der Waals surface area (Å²) >= 11 is 5.86. The third-order valence-corrected chi connectivity index (χ3v) is 4.83. The fourth-order valence-electron chi connectivity index (χ4n) is 2.91. The molecule has 0 aromatic heterocycles. The van der Waals surface area contributed by atoms with Crippen LogP contribution < -0.4 is 24.4 Å². The van der Waals surface area contributed by atoms with Crippen LogP contribution in [-0.4, -0.2) is 38.9 Å². The van der Waals surface area contributed by atoms with Crippen molar-refractivity contribution in [1.29, 1.82) is 0 Å². The summed E-state index contributed by atoms with van der Waals surface area (Å²) in [6, 6.07) is 16.1. The SMILES string of the molecule is CCOc1cc(/C=N\NC(=O)c2ccc(OC)c(OC)c2)ccc1OC(=O)c1ccc(Cl)cc1. The highest BCUT2D eigenvalue weighted by Crippen LogP contribution is 2.29. The maximum absolute atomic E-state index is 12.4. The van der Waals surface area contributed by atoms with Crippen molar-refractivity contribution in [3.8, 4) is 23.0 Å². The lowest BCUT2D eigenvalue weighted by molar-refractivity contribution is 0.0728. The number of carbonyl (C=O) groups is 2. The minimum atomic E-state index is -0.541. The number of esters is 1. The van der Waals surface area contributed by atoms with E-state index in [1.54, 1.807) is 60.7 Å². The number of hydrogen-bond donors (Lipinski definition) is 1. The van der Waals surface area contributed by atoms with E-state index in [4.69, 9.17) is 30.5 Å². The molecule has 1 amide bonds. The number of benzene rings is 3. The Labute approximate surface area is 202 Å². The number of methoxy groups -OCH3 is 2. The van der Waals surface area contributed by atoms with Crippen molar-refractivity contribution in [2.75, 3.05) is 20.8 Å². The van der Waals surface area contributed by atoms with Crippen molar-refractivity contribution in [3.05, 3.63) is 82.4 Å². The predicted octanol–water partition coefficient (Wildman–Crippen LogP) is 4.74. The summed E-state index contributed by atoms with van der Waals surface area (Å²) in [5.74, 6) is 0.609. The van der Waals surface area contributed by atoms with Gasteiger partial charge in [0, 0.05) is 10.6 Å². The van der Waals surface area contributed by atoms with Gasteiger partial charge in [0.15, 0.2) is 23.0 Å². The average molecular weight is 483 g/mol. The summed E-state index contributed by atoms with van der Waals surface area (Å²) in [7, 11) is 3.01. The molecule has 0 atom stereocenters. The summed E-state index contributed by atoms with van der Waals surface area (Å²) in [4.78, 5) is 24.8. The van der Waals surface area contributed by atoms with E-state index < -0.39 is 11.9 Å². The van der Waals surface area contributed by atoms with Crippen LogP contribution in [0.4, 0.5) is 0 Å². The first kappa shape index (κ1) is 24.6. The van der Waals surface area contributed by atoms with E-state index in [-0.39, 0.29) is 5.75 Å². The van der Waals surface area contributed by atoms with E-state index in [1.807, 2.05) is 6.92 Å². The minimum Gasteiger partial charge on any atom is -0.493 e. The molecule has 0 aliphatic carbocycles. The molecule has 0 saturated carbocycles. The van der Waals surface area contributed by atoms with E-state index in [0.717, 1.165) is 0 Å². The monoisotopic (exact) mass is 482 g/mol. The van der Waals surface area contributed by atoms with Crippen LogP contribution in [0.25, 0.3) is 0 Å². The number of amides is 1. The van der Waals surface area contributed by atoms with Crippen LogP contribution in [0.5, 0.6) is 23.0 Å². The molecule has 0 aliphatic heterocycles. The Morgan fingerprint density at radius 2 is 1.56 bits per heavy atom. The Morgan fingerprint density at radius 1 is 0.882 bits per heavy atom. The van der Waals surface area contributed by atoms with Gasteiger partial charge in [0.25, 0.3) is 5.91 Å². The third kappa shape index (κ3) is 6.26. The first-order chi connectivity index (χ1) is 16.4. The standard InChI is InChI=1S/C25H23ClN2O6/c1-4-33-23-13-16(5-11-21(23)34-25(30)17-6-9-19(26)10-7-17)15-27-28-24(29)18-8-12-20(31-2)22(14-18)32-3/h5-15H,4H2,1-3H3,(H,28,29)/b27-15-. The van der Waals surface area contributed by atoms with Crippen molar-refractivity contribution in [1.82, 2.24) is 5.43 Å². The van der Waals surface area contributed by atoms with E-state index >= 15 is 0 Å². The Hall–Kier alpha value is -4.04. The number of nitrogens with zero attached hydrogens (tertiary/aromatic N) is 1. The first-order valence-electron chi connectivity index (χ1n) is 10.2. The lowest BCUT2D eigenvalue weighted by Crippen LogP contribution is -2.17. The molecular formula is C25H23ClN2O6. The van der Waals surface area contributed by atoms with Crippen LogP contribution >= 0.6 is 11.6 Å². The number of nitrogens with one attached hydrogen (secondary N) is 1. The highest BCUT2D eigenvalue weighted by atomic mass is 35.5. The van der Waals surface area contributed by atoms with Gasteiger partial charge in [-0.2, -0.15) is 5.10 Å². The van der Waals surface area contributed by atoms with Crippen molar-refractivity contribution in [3.63, 3.8) is 0 Å². The van der Waals surface area contributed by atoms with Crippen molar-refractivity contribution in [2.24, 2.45) is 5.10 Å². The van der Waals surface area contributed by atoms with E-state index in [0.29, 0.717) is 45.6 Å². The van der Waals surface area contributed by atoms with Crippen molar-refractivity contribution < 1.29 is 28.5 Å². The normalized spacial score (nSPS) is 10.6. The Kier molecular flexibility index (Phi) is 8.48. The number of hydrazone groups is 1. The lowest BCUT2D eigenvalue weighted by atomic mass is 10.2. The van der Waals surface area contributed by atoms with Crippen LogP contribution in [0.1, 0.15) is 33.2 Å². The molecule has 0 spiro atoms. The summed E-state index contributed by atoms with van der Waals surface area (Å²) < 4.78 is 21.5. The van der Waals surface area contributed by atoms with E-state index in [1.165, 1.54) is 20.4 Å². The fourth-order valence-corrected chi connectivity index (χ4v) is 3.04. The molecule has 0 aliphatic rings.